The number of hydrogen-bond acceptors (Lipinski definition) is 4. The lowest BCUT2D eigenvalue weighted by Gasteiger charge is -2.47. The fourth-order valence-corrected chi connectivity index (χ4v) is 16.7. The van der Waals surface area contributed by atoms with Crippen LogP contribution in [-0.4, -0.2) is 0 Å². The third-order valence-corrected chi connectivity index (χ3v) is 19.8. The van der Waals surface area contributed by atoms with Gasteiger partial charge in [0.25, 0.3) is 0 Å². The summed E-state index contributed by atoms with van der Waals surface area (Å²) in [5, 5.41) is 5.24. The summed E-state index contributed by atoms with van der Waals surface area (Å²) in [5.41, 5.74) is 21.8. The van der Waals surface area contributed by atoms with Crippen LogP contribution in [0.25, 0.3) is 51.5 Å². The summed E-state index contributed by atoms with van der Waals surface area (Å²) in [6, 6.07) is 79.3. The van der Waals surface area contributed by atoms with Gasteiger partial charge in [-0.3, -0.25) is 0 Å². The van der Waals surface area contributed by atoms with Crippen molar-refractivity contribution in [3.05, 3.63) is 262 Å². The van der Waals surface area contributed by atoms with E-state index < -0.39 is 5.41 Å². The number of thiophene rings is 2. The van der Waals surface area contributed by atoms with Gasteiger partial charge >= 0.3 is 0 Å². The molecule has 0 bridgehead atoms. The van der Waals surface area contributed by atoms with E-state index in [1.165, 1.54) is 118 Å². The van der Waals surface area contributed by atoms with Gasteiger partial charge in [-0.05, 0) is 152 Å². The Morgan fingerprint density at radius 1 is 0.333 bits per heavy atom. The van der Waals surface area contributed by atoms with Crippen LogP contribution in [0.15, 0.2) is 206 Å². The molecule has 0 fully saturated rings. The predicted molar refractivity (Wildman–Crippen MR) is 338 cm³/mol. The maximum Gasteiger partial charge on any atom is 0.0721 e. The Kier molecular flexibility index (Phi) is 10.8. The van der Waals surface area contributed by atoms with Gasteiger partial charge in [0.2, 0.25) is 0 Å². The van der Waals surface area contributed by atoms with Crippen LogP contribution in [0.5, 0.6) is 0 Å². The highest BCUT2D eigenvalue weighted by atomic mass is 32.1. The van der Waals surface area contributed by atoms with E-state index in [2.05, 4.69) is 285 Å². The van der Waals surface area contributed by atoms with Gasteiger partial charge in [-0.15, -0.1) is 22.7 Å². The zero-order valence-corrected chi connectivity index (χ0v) is 48.0. The van der Waals surface area contributed by atoms with Crippen LogP contribution in [-0.2, 0) is 21.7 Å². The molecule has 0 amide bonds. The van der Waals surface area contributed by atoms with E-state index in [1.807, 2.05) is 22.7 Å². The zero-order valence-electron chi connectivity index (χ0n) is 46.3. The monoisotopic (exact) mass is 1040 g/mol. The first-order valence-corrected chi connectivity index (χ1v) is 29.3. The quantitative estimate of drug-likeness (QED) is 0.164. The lowest BCUT2D eigenvalue weighted by molar-refractivity contribution is 0.563. The molecule has 382 valence electrons. The van der Waals surface area contributed by atoms with E-state index in [0.717, 1.165) is 22.7 Å². The van der Waals surface area contributed by atoms with Gasteiger partial charge in [0, 0.05) is 59.1 Å². The third-order valence-electron chi connectivity index (χ3n) is 17.3. The fraction of sp³-hybridized carbons (Fsp3) is 0.189. The predicted octanol–water partition coefficient (Wildman–Crippen LogP) is 21.6. The van der Waals surface area contributed by atoms with Gasteiger partial charge in [0.15, 0.2) is 0 Å². The molecule has 2 nitrogen and oxygen atoms in total. The van der Waals surface area contributed by atoms with Crippen molar-refractivity contribution in [1.82, 2.24) is 0 Å². The topological polar surface area (TPSA) is 6.48 Å². The molecule has 2 aliphatic carbocycles. The molecule has 0 aliphatic heterocycles. The van der Waals surface area contributed by atoms with E-state index in [0.29, 0.717) is 0 Å². The number of rotatable bonds is 6. The van der Waals surface area contributed by atoms with Crippen LogP contribution >= 0.6 is 22.7 Å². The molecule has 0 saturated carbocycles. The molecule has 4 heteroatoms. The number of fused-ring (bicyclic) bond motifs is 15. The molecule has 12 aromatic rings. The Bertz CT molecular complexity index is 4150. The minimum Gasteiger partial charge on any atom is -0.309 e. The SMILES string of the molecule is Cc1cccc(N(c2ccc3c(c2)C2(c4cc(N(c5cccc(C)c5)c5cccc6c5sc5c(C(C)(C)C)cccc56)ccc4-3)c3ccccc3C(C)(C)c3ccccc32)c2cccc3c2sc2c(C(C)(C)C)cccc23)c1. The Morgan fingerprint density at radius 2 is 0.692 bits per heavy atom. The minimum absolute atomic E-state index is 0.000264. The second-order valence-corrected chi connectivity index (χ2v) is 26.7. The Morgan fingerprint density at radius 3 is 1.09 bits per heavy atom. The van der Waals surface area contributed by atoms with Gasteiger partial charge in [-0.25, -0.2) is 0 Å². The summed E-state index contributed by atoms with van der Waals surface area (Å²) in [6.45, 7) is 23.3. The van der Waals surface area contributed by atoms with Crippen molar-refractivity contribution in [1.29, 1.82) is 0 Å². The largest absolute Gasteiger partial charge is 0.309 e. The average Bonchev–Trinajstić information content (AvgIpc) is 4.22. The Hall–Kier alpha value is -7.76. The molecule has 2 heterocycles. The van der Waals surface area contributed by atoms with Crippen molar-refractivity contribution in [2.45, 2.75) is 90.9 Å². The second kappa shape index (κ2) is 17.4. The van der Waals surface area contributed by atoms with Gasteiger partial charge < -0.3 is 9.80 Å². The van der Waals surface area contributed by atoms with E-state index in [-0.39, 0.29) is 16.2 Å². The highest BCUT2D eigenvalue weighted by molar-refractivity contribution is 7.27. The van der Waals surface area contributed by atoms with Crippen LogP contribution in [0.4, 0.5) is 34.1 Å². The molecule has 2 aromatic heterocycles. The maximum atomic E-state index is 2.57. The molecule has 2 aliphatic rings. The average molecular weight is 1050 g/mol. The summed E-state index contributed by atoms with van der Waals surface area (Å²) in [6.07, 6.45) is 0. The molecule has 0 saturated heterocycles. The molecule has 0 radical (unpaired) electrons. The van der Waals surface area contributed by atoms with E-state index in [4.69, 9.17) is 0 Å². The zero-order chi connectivity index (χ0) is 53.6. The number of benzene rings is 10. The smallest absolute Gasteiger partial charge is 0.0721 e. The van der Waals surface area contributed by atoms with Gasteiger partial charge in [-0.2, -0.15) is 0 Å². The first-order valence-electron chi connectivity index (χ1n) is 27.7. The van der Waals surface area contributed by atoms with Crippen molar-refractivity contribution in [2.75, 3.05) is 9.80 Å². The molecule has 0 atom stereocenters. The fourth-order valence-electron chi connectivity index (χ4n) is 13.7. The van der Waals surface area contributed by atoms with Crippen molar-refractivity contribution in [3.63, 3.8) is 0 Å². The maximum absolute atomic E-state index is 2.57. The summed E-state index contributed by atoms with van der Waals surface area (Å²) >= 11 is 3.88. The van der Waals surface area contributed by atoms with Gasteiger partial charge in [0.05, 0.1) is 26.2 Å². The van der Waals surface area contributed by atoms with E-state index in [9.17, 15) is 0 Å². The highest BCUT2D eigenvalue weighted by Crippen LogP contribution is 2.64. The molecule has 0 unspecified atom stereocenters. The summed E-state index contributed by atoms with van der Waals surface area (Å²) < 4.78 is 5.32. The molecular weight excluding hydrogens is 981 g/mol. The molecule has 10 aromatic carbocycles. The van der Waals surface area contributed by atoms with Crippen molar-refractivity contribution in [2.24, 2.45) is 0 Å². The third kappa shape index (κ3) is 7.11. The van der Waals surface area contributed by atoms with Crippen LogP contribution in [0.2, 0.25) is 0 Å². The Labute approximate surface area is 467 Å². The lowest BCUT2D eigenvalue weighted by atomic mass is 9.55. The molecule has 1 spiro atoms. The number of aryl methyl sites for hydroxylation is 2. The van der Waals surface area contributed by atoms with Crippen LogP contribution in [0, 0.1) is 13.8 Å². The van der Waals surface area contributed by atoms with Crippen molar-refractivity contribution >= 4 is 97.1 Å². The Balaban J connectivity index is 1.05. The molecule has 14 rings (SSSR count). The second-order valence-electron chi connectivity index (χ2n) is 24.7. The van der Waals surface area contributed by atoms with Crippen LogP contribution in [0.1, 0.15) is 111 Å². The van der Waals surface area contributed by atoms with E-state index >= 15 is 0 Å². The normalized spacial score (nSPS) is 14.2. The molecular formula is C74H64N2S2. The standard InChI is InChI=1S/C74H64N2S2/c1-45-21-15-23-47(41-45)75(65-35-19-27-55-53-25-17-33-61(71(3,4)5)67(53)77-69(55)65)49-37-39-51-52-40-38-50(44-64(52)74(63(51)43-49)59-31-13-11-29-57(59)73(9,10)58-30-12-14-32-60(58)74)76(48-24-16-22-46(2)42-48)66-36-20-28-56-54-26-18-34-62(72(6,7)8)68(54)78-70(56)66/h11-44H,1-10H3. The van der Waals surface area contributed by atoms with E-state index in [1.54, 1.807) is 0 Å². The first kappa shape index (κ1) is 48.6. The molecule has 0 N–H and O–H groups in total. The summed E-state index contributed by atoms with van der Waals surface area (Å²) in [5.74, 6) is 0. The van der Waals surface area contributed by atoms with Gasteiger partial charge in [0.1, 0.15) is 0 Å². The number of anilines is 6. The molecule has 78 heavy (non-hydrogen) atoms. The van der Waals surface area contributed by atoms with Crippen molar-refractivity contribution in [3.8, 4) is 11.1 Å². The summed E-state index contributed by atoms with van der Waals surface area (Å²) in [4.78, 5) is 5.09. The van der Waals surface area contributed by atoms with Crippen molar-refractivity contribution < 1.29 is 0 Å². The minimum atomic E-state index is -0.660. The van der Waals surface area contributed by atoms with Crippen LogP contribution < -0.4 is 9.80 Å². The lowest BCUT2D eigenvalue weighted by Crippen LogP contribution is -2.40. The van der Waals surface area contributed by atoms with Gasteiger partial charge in [-0.1, -0.05) is 201 Å². The summed E-state index contributed by atoms with van der Waals surface area (Å²) in [7, 11) is 0. The first-order chi connectivity index (χ1) is 37.5. The number of nitrogens with zero attached hydrogens (tertiary/aromatic N) is 2. The number of hydrogen-bond donors (Lipinski definition) is 0. The highest BCUT2D eigenvalue weighted by Gasteiger charge is 2.54. The van der Waals surface area contributed by atoms with Crippen LogP contribution in [0.3, 0.4) is 0 Å².